The molecule has 0 saturated heterocycles. The third-order valence-corrected chi connectivity index (χ3v) is 12.1. The summed E-state index contributed by atoms with van der Waals surface area (Å²) in [7, 11) is 0. The average molecular weight is 754 g/mol. The van der Waals surface area contributed by atoms with E-state index >= 15 is 0 Å². The Morgan fingerprint density at radius 2 is 0.627 bits per heavy atom. The van der Waals surface area contributed by atoms with Gasteiger partial charge in [0.1, 0.15) is 0 Å². The second-order valence-electron chi connectivity index (χ2n) is 15.3. The molecule has 0 fully saturated rings. The van der Waals surface area contributed by atoms with E-state index in [0.717, 1.165) is 66.6 Å². The zero-order valence-corrected chi connectivity index (χ0v) is 32.0. The molecule has 12 rings (SSSR count). The number of fused-ring (bicyclic) bond motifs is 9. The lowest BCUT2D eigenvalue weighted by molar-refractivity contribution is 1.06. The van der Waals surface area contributed by atoms with E-state index in [1.54, 1.807) is 0 Å². The number of hydrogen-bond donors (Lipinski definition) is 0. The van der Waals surface area contributed by atoms with Crippen LogP contribution in [0.25, 0.3) is 105 Å². The highest BCUT2D eigenvalue weighted by molar-refractivity contribution is 6.12. The van der Waals surface area contributed by atoms with E-state index in [4.69, 9.17) is 0 Å². The van der Waals surface area contributed by atoms with Crippen LogP contribution >= 0.6 is 0 Å². The van der Waals surface area contributed by atoms with E-state index in [1.807, 2.05) is 22.8 Å². The van der Waals surface area contributed by atoms with Crippen LogP contribution in [-0.2, 0) is 0 Å². The maximum absolute atomic E-state index is 14.4. The van der Waals surface area contributed by atoms with Crippen LogP contribution in [-0.4, -0.2) is 13.7 Å². The van der Waals surface area contributed by atoms with Gasteiger partial charge in [0.25, 0.3) is 5.56 Å². The molecule has 0 bridgehead atoms. The number of para-hydroxylation sites is 4. The number of hydrogen-bond acceptors (Lipinski definition) is 1. The summed E-state index contributed by atoms with van der Waals surface area (Å²) in [5.74, 6) is 0. The van der Waals surface area contributed by atoms with Crippen LogP contribution in [0.3, 0.4) is 0 Å². The summed E-state index contributed by atoms with van der Waals surface area (Å²) in [4.78, 5) is 14.4. The smallest absolute Gasteiger partial charge is 0.263 e. The van der Waals surface area contributed by atoms with Crippen LogP contribution in [0.1, 0.15) is 0 Å². The van der Waals surface area contributed by atoms with Crippen LogP contribution in [0.2, 0.25) is 0 Å². The van der Waals surface area contributed by atoms with Gasteiger partial charge in [-0.05, 0) is 107 Å². The van der Waals surface area contributed by atoms with Gasteiger partial charge >= 0.3 is 0 Å². The molecular formula is C55H35N3O. The number of aromatic nitrogens is 3. The fraction of sp³-hybridized carbons (Fsp3) is 0. The van der Waals surface area contributed by atoms with Crippen molar-refractivity contribution in [2.24, 2.45) is 0 Å². The monoisotopic (exact) mass is 753 g/mol. The fourth-order valence-electron chi connectivity index (χ4n) is 9.33. The molecule has 12 aromatic rings. The summed E-state index contributed by atoms with van der Waals surface area (Å²) < 4.78 is 6.57. The maximum Gasteiger partial charge on any atom is 0.263 e. The molecule has 0 aliphatic heterocycles. The first-order valence-corrected chi connectivity index (χ1v) is 20.1. The van der Waals surface area contributed by atoms with Crippen molar-refractivity contribution < 1.29 is 0 Å². The Bertz CT molecular complexity index is 3670. The molecule has 0 aliphatic rings. The zero-order valence-electron chi connectivity index (χ0n) is 32.0. The molecular weight excluding hydrogens is 719 g/mol. The largest absolute Gasteiger partial charge is 0.309 e. The lowest BCUT2D eigenvalue weighted by Gasteiger charge is -2.15. The standard InChI is InChI=1S/C55H35N3O/c59-55-48-20-8-7-17-43(48)49-33-37(39-26-31-47-45-19-10-12-22-51(45)57(54(47)35-39)41-15-5-2-6-16-41)27-32-52(49)58(55)42-28-23-36(24-29-42)38-25-30-46-44-18-9-11-21-50(44)56(53(46)34-38)40-13-3-1-4-14-40/h1-35H. The summed E-state index contributed by atoms with van der Waals surface area (Å²) in [5, 5.41) is 7.57. The van der Waals surface area contributed by atoms with Gasteiger partial charge < -0.3 is 9.13 Å². The number of benzene rings is 9. The Labute approximate surface area is 339 Å². The molecule has 0 radical (unpaired) electrons. The maximum atomic E-state index is 14.4. The molecule has 0 spiro atoms. The summed E-state index contributed by atoms with van der Waals surface area (Å²) >= 11 is 0. The molecule has 0 N–H and O–H groups in total. The zero-order chi connectivity index (χ0) is 39.0. The lowest BCUT2D eigenvalue weighted by Crippen LogP contribution is -2.19. The van der Waals surface area contributed by atoms with Crippen molar-refractivity contribution in [2.45, 2.75) is 0 Å². The molecule has 4 heteroatoms. The molecule has 0 unspecified atom stereocenters. The highest BCUT2D eigenvalue weighted by Gasteiger charge is 2.17. The van der Waals surface area contributed by atoms with Gasteiger partial charge in [0.05, 0.1) is 27.6 Å². The topological polar surface area (TPSA) is 31.9 Å². The average Bonchev–Trinajstić information content (AvgIpc) is 3.82. The first-order valence-electron chi connectivity index (χ1n) is 20.1. The summed E-state index contributed by atoms with van der Waals surface area (Å²) in [6.07, 6.45) is 0. The van der Waals surface area contributed by atoms with Gasteiger partial charge in [-0.2, -0.15) is 0 Å². The van der Waals surface area contributed by atoms with Crippen molar-refractivity contribution in [3.05, 3.63) is 223 Å². The minimum absolute atomic E-state index is 0.0313. The van der Waals surface area contributed by atoms with E-state index in [9.17, 15) is 4.79 Å². The molecule has 0 atom stereocenters. The Balaban J connectivity index is 0.990. The van der Waals surface area contributed by atoms with Gasteiger partial charge in [-0.1, -0.05) is 133 Å². The van der Waals surface area contributed by atoms with Crippen LogP contribution in [0, 0.1) is 0 Å². The second kappa shape index (κ2) is 13.1. The Morgan fingerprint density at radius 3 is 1.20 bits per heavy atom. The van der Waals surface area contributed by atoms with Gasteiger partial charge in [0, 0.05) is 49.4 Å². The minimum Gasteiger partial charge on any atom is -0.309 e. The SMILES string of the molecule is O=c1c2ccccc2c2cc(-c3ccc4c5ccccc5n(-c5ccccc5)c4c3)ccc2n1-c1ccc(-c2ccc3c4ccccc4n(-c4ccccc4)c3c2)cc1. The van der Waals surface area contributed by atoms with E-state index in [1.165, 1.54) is 32.6 Å². The quantitative estimate of drug-likeness (QED) is 0.161. The number of rotatable bonds is 5. The van der Waals surface area contributed by atoms with E-state index < -0.39 is 0 Å². The van der Waals surface area contributed by atoms with Crippen molar-refractivity contribution in [2.75, 3.05) is 0 Å². The van der Waals surface area contributed by atoms with E-state index in [-0.39, 0.29) is 5.56 Å². The van der Waals surface area contributed by atoms with Gasteiger partial charge in [-0.3, -0.25) is 9.36 Å². The number of pyridine rings is 1. The third kappa shape index (κ3) is 5.13. The predicted molar refractivity (Wildman–Crippen MR) is 247 cm³/mol. The van der Waals surface area contributed by atoms with Gasteiger partial charge in [0.15, 0.2) is 0 Å². The van der Waals surface area contributed by atoms with Crippen molar-refractivity contribution in [1.29, 1.82) is 0 Å². The van der Waals surface area contributed by atoms with Gasteiger partial charge in [-0.25, -0.2) is 0 Å². The highest BCUT2D eigenvalue weighted by atomic mass is 16.1. The van der Waals surface area contributed by atoms with Crippen molar-refractivity contribution in [3.63, 3.8) is 0 Å². The normalized spacial score (nSPS) is 11.8. The Hall–Kier alpha value is -7.95. The van der Waals surface area contributed by atoms with E-state index in [0.29, 0.717) is 5.39 Å². The summed E-state index contributed by atoms with van der Waals surface area (Å²) in [6.45, 7) is 0. The van der Waals surface area contributed by atoms with Crippen molar-refractivity contribution >= 4 is 65.3 Å². The lowest BCUT2D eigenvalue weighted by atomic mass is 9.98. The van der Waals surface area contributed by atoms with Crippen LogP contribution in [0.15, 0.2) is 217 Å². The summed E-state index contributed by atoms with van der Waals surface area (Å²) in [5.41, 5.74) is 13.0. The van der Waals surface area contributed by atoms with Crippen molar-refractivity contribution in [1.82, 2.24) is 13.7 Å². The molecule has 0 aliphatic carbocycles. The molecule has 276 valence electrons. The van der Waals surface area contributed by atoms with E-state index in [2.05, 4.69) is 203 Å². The second-order valence-corrected chi connectivity index (χ2v) is 15.3. The van der Waals surface area contributed by atoms with Gasteiger partial charge in [-0.15, -0.1) is 0 Å². The third-order valence-electron chi connectivity index (χ3n) is 12.1. The molecule has 0 amide bonds. The molecule has 9 aromatic carbocycles. The van der Waals surface area contributed by atoms with Crippen molar-refractivity contribution in [3.8, 4) is 39.3 Å². The molecule has 4 nitrogen and oxygen atoms in total. The first kappa shape index (κ1) is 33.2. The Kier molecular flexibility index (Phi) is 7.35. The number of nitrogens with zero attached hydrogens (tertiary/aromatic N) is 3. The highest BCUT2D eigenvalue weighted by Crippen LogP contribution is 2.38. The fourth-order valence-corrected chi connectivity index (χ4v) is 9.33. The van der Waals surface area contributed by atoms with Crippen LogP contribution in [0.4, 0.5) is 0 Å². The predicted octanol–water partition coefficient (Wildman–Crippen LogP) is 13.7. The van der Waals surface area contributed by atoms with Crippen LogP contribution < -0.4 is 5.56 Å². The molecule has 3 heterocycles. The molecule has 59 heavy (non-hydrogen) atoms. The van der Waals surface area contributed by atoms with Gasteiger partial charge in [0.2, 0.25) is 0 Å². The molecule has 3 aromatic heterocycles. The minimum atomic E-state index is -0.0313. The first-order chi connectivity index (χ1) is 29.2. The Morgan fingerprint density at radius 1 is 0.237 bits per heavy atom. The molecule has 0 saturated carbocycles. The summed E-state index contributed by atoms with van der Waals surface area (Å²) in [6, 6.07) is 74.7. The van der Waals surface area contributed by atoms with Crippen LogP contribution in [0.5, 0.6) is 0 Å².